The summed E-state index contributed by atoms with van der Waals surface area (Å²) in [6.07, 6.45) is 2.06. The number of fused-ring (bicyclic) bond motifs is 1. The molecule has 152 valence electrons. The largest absolute Gasteiger partial charge is 0.497 e. The first-order chi connectivity index (χ1) is 14.0. The quantitative estimate of drug-likeness (QED) is 0.865. The van der Waals surface area contributed by atoms with Crippen molar-refractivity contribution in [1.29, 1.82) is 0 Å². The number of anilines is 1. The summed E-state index contributed by atoms with van der Waals surface area (Å²) in [7, 11) is 1.58. The molecule has 2 aromatic carbocycles. The predicted molar refractivity (Wildman–Crippen MR) is 108 cm³/mol. The van der Waals surface area contributed by atoms with Crippen LogP contribution < -0.4 is 15.0 Å². The molecule has 4 rings (SSSR count). The molecule has 2 aliphatic heterocycles. The molecule has 2 heterocycles. The Morgan fingerprint density at radius 2 is 1.90 bits per heavy atom. The van der Waals surface area contributed by atoms with Crippen LogP contribution in [0.15, 0.2) is 42.5 Å². The molecule has 1 saturated heterocycles. The number of benzene rings is 2. The highest BCUT2D eigenvalue weighted by Crippen LogP contribution is 2.28. The van der Waals surface area contributed by atoms with E-state index in [-0.39, 0.29) is 23.8 Å². The van der Waals surface area contributed by atoms with E-state index < -0.39 is 0 Å². The van der Waals surface area contributed by atoms with Crippen LogP contribution in [0.25, 0.3) is 0 Å². The third-order valence-electron chi connectivity index (χ3n) is 5.61. The van der Waals surface area contributed by atoms with E-state index in [0.717, 1.165) is 11.3 Å². The van der Waals surface area contributed by atoms with E-state index in [1.165, 1.54) is 12.1 Å². The first-order valence-electron chi connectivity index (χ1n) is 9.85. The number of hydrogen-bond acceptors (Lipinski definition) is 3. The van der Waals surface area contributed by atoms with Crippen LogP contribution in [0, 0.1) is 5.82 Å². The Hall–Kier alpha value is -3.09. The van der Waals surface area contributed by atoms with Crippen molar-refractivity contribution in [3.63, 3.8) is 0 Å². The molecule has 2 aliphatic rings. The minimum absolute atomic E-state index is 0.0151. The number of rotatable bonds is 3. The Morgan fingerprint density at radius 1 is 1.10 bits per heavy atom. The zero-order chi connectivity index (χ0) is 20.4. The summed E-state index contributed by atoms with van der Waals surface area (Å²) in [5.41, 5.74) is 2.24. The van der Waals surface area contributed by atoms with Gasteiger partial charge < -0.3 is 15.0 Å². The Kier molecular flexibility index (Phi) is 5.38. The molecule has 2 aromatic rings. The molecular weight excluding hydrogens is 373 g/mol. The summed E-state index contributed by atoms with van der Waals surface area (Å²) in [5.74, 6) is 0.354. The number of nitrogens with zero attached hydrogens (tertiary/aromatic N) is 2. The van der Waals surface area contributed by atoms with Crippen molar-refractivity contribution in [2.45, 2.75) is 25.3 Å². The van der Waals surface area contributed by atoms with Gasteiger partial charge in [0.1, 0.15) is 11.6 Å². The molecule has 1 fully saturated rings. The van der Waals surface area contributed by atoms with Gasteiger partial charge in [0.05, 0.1) is 7.11 Å². The van der Waals surface area contributed by atoms with Crippen molar-refractivity contribution in [2.75, 3.05) is 31.6 Å². The normalized spacial score (nSPS) is 16.5. The van der Waals surface area contributed by atoms with E-state index in [4.69, 9.17) is 4.74 Å². The maximum atomic E-state index is 13.4. The van der Waals surface area contributed by atoms with Crippen molar-refractivity contribution in [1.82, 2.24) is 10.2 Å². The Labute approximate surface area is 169 Å². The molecule has 0 atom stereocenters. The fraction of sp³-hybridized carbons (Fsp3) is 0.364. The third kappa shape index (κ3) is 4.04. The fourth-order valence-electron chi connectivity index (χ4n) is 4.00. The van der Waals surface area contributed by atoms with Gasteiger partial charge in [0, 0.05) is 36.9 Å². The van der Waals surface area contributed by atoms with Crippen molar-refractivity contribution in [3.05, 3.63) is 59.4 Å². The highest BCUT2D eigenvalue weighted by Gasteiger charge is 2.29. The molecule has 7 heteroatoms. The molecule has 0 saturated carbocycles. The zero-order valence-electron chi connectivity index (χ0n) is 16.4. The maximum absolute atomic E-state index is 13.4. The lowest BCUT2D eigenvalue weighted by Gasteiger charge is -2.33. The van der Waals surface area contributed by atoms with Gasteiger partial charge in [-0.05, 0) is 61.2 Å². The fourth-order valence-corrected chi connectivity index (χ4v) is 4.00. The summed E-state index contributed by atoms with van der Waals surface area (Å²) < 4.78 is 18.6. The van der Waals surface area contributed by atoms with E-state index in [2.05, 4.69) is 5.32 Å². The van der Waals surface area contributed by atoms with Crippen LogP contribution >= 0.6 is 0 Å². The van der Waals surface area contributed by atoms with E-state index in [9.17, 15) is 14.0 Å². The van der Waals surface area contributed by atoms with Crippen LogP contribution in [0.3, 0.4) is 0 Å². The summed E-state index contributed by atoms with van der Waals surface area (Å²) in [6, 6.07) is 11.5. The summed E-state index contributed by atoms with van der Waals surface area (Å²) in [6.45, 7) is 1.73. The van der Waals surface area contributed by atoms with Crippen LogP contribution in [-0.4, -0.2) is 49.6 Å². The second-order valence-corrected chi connectivity index (χ2v) is 7.42. The Morgan fingerprint density at radius 3 is 2.66 bits per heavy atom. The van der Waals surface area contributed by atoms with Crippen molar-refractivity contribution in [3.8, 4) is 5.75 Å². The van der Waals surface area contributed by atoms with Gasteiger partial charge in [-0.3, -0.25) is 9.69 Å². The van der Waals surface area contributed by atoms with E-state index in [1.54, 1.807) is 36.3 Å². The van der Waals surface area contributed by atoms with E-state index in [1.807, 2.05) is 11.0 Å². The highest BCUT2D eigenvalue weighted by molar-refractivity contribution is 5.95. The van der Waals surface area contributed by atoms with Crippen molar-refractivity contribution < 1.29 is 18.7 Å². The molecule has 1 N–H and O–H groups in total. The van der Waals surface area contributed by atoms with Crippen LogP contribution in [-0.2, 0) is 6.42 Å². The number of amides is 3. The topological polar surface area (TPSA) is 61.9 Å². The van der Waals surface area contributed by atoms with Gasteiger partial charge in [-0.25, -0.2) is 9.18 Å². The number of hydrogen-bond donors (Lipinski definition) is 1. The Balaban J connectivity index is 1.32. The van der Waals surface area contributed by atoms with E-state index >= 15 is 0 Å². The smallest absolute Gasteiger partial charge is 0.322 e. The lowest BCUT2D eigenvalue weighted by Crippen LogP contribution is -2.50. The molecule has 0 aromatic heterocycles. The zero-order valence-corrected chi connectivity index (χ0v) is 16.4. The van der Waals surface area contributed by atoms with Crippen LogP contribution in [0.1, 0.15) is 28.8 Å². The second-order valence-electron chi connectivity index (χ2n) is 7.42. The highest BCUT2D eigenvalue weighted by atomic mass is 19.1. The van der Waals surface area contributed by atoms with Gasteiger partial charge in [0.25, 0.3) is 5.91 Å². The molecule has 6 nitrogen and oxygen atoms in total. The number of halogens is 1. The number of methoxy groups -OCH3 is 1. The van der Waals surface area contributed by atoms with E-state index in [0.29, 0.717) is 50.2 Å². The predicted octanol–water partition coefficient (Wildman–Crippen LogP) is 3.21. The first kappa shape index (κ1) is 19.2. The van der Waals surface area contributed by atoms with Crippen molar-refractivity contribution in [2.24, 2.45) is 0 Å². The average molecular weight is 397 g/mol. The molecule has 0 aliphatic carbocycles. The van der Waals surface area contributed by atoms with Crippen molar-refractivity contribution >= 4 is 17.6 Å². The SMILES string of the molecule is COc1cccc(C(=O)N2CCC(NC(=O)N3CCc4cc(F)ccc43)CC2)c1. The number of carbonyl (C=O) groups excluding carboxylic acids is 2. The lowest BCUT2D eigenvalue weighted by atomic mass is 10.0. The van der Waals surface area contributed by atoms with Gasteiger partial charge >= 0.3 is 6.03 Å². The second kappa shape index (κ2) is 8.11. The summed E-state index contributed by atoms with van der Waals surface area (Å²) >= 11 is 0. The Bertz CT molecular complexity index is 925. The minimum Gasteiger partial charge on any atom is -0.497 e. The molecule has 3 amide bonds. The monoisotopic (exact) mass is 397 g/mol. The molecule has 0 radical (unpaired) electrons. The van der Waals surface area contributed by atoms with Gasteiger partial charge in [-0.15, -0.1) is 0 Å². The average Bonchev–Trinajstić information content (AvgIpc) is 3.17. The standard InChI is InChI=1S/C22H24FN3O3/c1-29-19-4-2-3-16(14-19)21(27)25-10-8-18(9-11-25)24-22(28)26-12-7-15-13-17(23)5-6-20(15)26/h2-6,13-14,18H,7-12H2,1H3,(H,24,28). The lowest BCUT2D eigenvalue weighted by molar-refractivity contribution is 0.0708. The van der Waals surface area contributed by atoms with Gasteiger partial charge in [-0.1, -0.05) is 6.07 Å². The summed E-state index contributed by atoms with van der Waals surface area (Å²) in [5, 5.41) is 3.07. The van der Waals surface area contributed by atoms with Gasteiger partial charge in [0.15, 0.2) is 0 Å². The number of carbonyl (C=O) groups is 2. The summed E-state index contributed by atoms with van der Waals surface area (Å²) in [4.78, 5) is 28.9. The third-order valence-corrected chi connectivity index (χ3v) is 5.61. The van der Waals surface area contributed by atoms with Crippen LogP contribution in [0.4, 0.5) is 14.9 Å². The molecular formula is C22H24FN3O3. The number of likely N-dealkylation sites (tertiary alicyclic amines) is 1. The number of piperidine rings is 1. The van der Waals surface area contributed by atoms with Gasteiger partial charge in [0.2, 0.25) is 0 Å². The molecule has 0 unspecified atom stereocenters. The molecule has 0 bridgehead atoms. The minimum atomic E-state index is -0.279. The maximum Gasteiger partial charge on any atom is 0.322 e. The first-order valence-corrected chi connectivity index (χ1v) is 9.85. The number of nitrogens with one attached hydrogen (secondary N) is 1. The molecule has 29 heavy (non-hydrogen) atoms. The van der Waals surface area contributed by atoms with Gasteiger partial charge in [-0.2, -0.15) is 0 Å². The number of urea groups is 1. The number of ether oxygens (including phenoxy) is 1. The molecule has 0 spiro atoms. The van der Waals surface area contributed by atoms with Crippen LogP contribution in [0.2, 0.25) is 0 Å². The van der Waals surface area contributed by atoms with Crippen LogP contribution in [0.5, 0.6) is 5.75 Å².